The van der Waals surface area contributed by atoms with E-state index in [-0.39, 0.29) is 11.6 Å². The maximum Gasteiger partial charge on any atom is 0.355 e. The van der Waals surface area contributed by atoms with Crippen LogP contribution in [0, 0.1) is 0 Å². The number of aromatic carboxylic acids is 1. The Morgan fingerprint density at radius 1 is 1.30 bits per heavy atom. The Balaban J connectivity index is 1.50. The van der Waals surface area contributed by atoms with Gasteiger partial charge in [-0.25, -0.2) is 9.78 Å². The van der Waals surface area contributed by atoms with E-state index in [4.69, 9.17) is 9.84 Å². The van der Waals surface area contributed by atoms with Crippen molar-refractivity contribution in [1.82, 2.24) is 10.3 Å². The van der Waals surface area contributed by atoms with E-state index < -0.39 is 11.6 Å². The minimum absolute atomic E-state index is 0.0439. The molecule has 1 aromatic carbocycles. The standard InChI is InChI=1S/C16H16N2O4S/c19-14(20)12-10-23-13(18-12)6-9-17-15(21)16(7-8-16)22-11-4-2-1-3-5-11/h1-5,10H,6-9H2,(H,17,21)(H,19,20). The van der Waals surface area contributed by atoms with Gasteiger partial charge in [0.15, 0.2) is 11.3 Å². The lowest BCUT2D eigenvalue weighted by Crippen LogP contribution is -2.41. The summed E-state index contributed by atoms with van der Waals surface area (Å²) in [7, 11) is 0. The second kappa shape index (κ2) is 6.37. The van der Waals surface area contributed by atoms with Crippen molar-refractivity contribution >= 4 is 23.2 Å². The number of nitrogens with zero attached hydrogens (tertiary/aromatic N) is 1. The Bertz CT molecular complexity index is 710. The first-order valence-corrected chi connectivity index (χ1v) is 8.17. The topological polar surface area (TPSA) is 88.5 Å². The number of carbonyl (C=O) groups excluding carboxylic acids is 1. The second-order valence-corrected chi connectivity index (χ2v) is 6.29. The Kier molecular flexibility index (Phi) is 4.29. The van der Waals surface area contributed by atoms with Gasteiger partial charge in [0.25, 0.3) is 5.91 Å². The molecule has 1 aromatic heterocycles. The highest BCUT2D eigenvalue weighted by atomic mass is 32.1. The maximum atomic E-state index is 12.3. The van der Waals surface area contributed by atoms with Crippen molar-refractivity contribution in [3.63, 3.8) is 0 Å². The quantitative estimate of drug-likeness (QED) is 0.811. The fourth-order valence-electron chi connectivity index (χ4n) is 2.17. The number of carboxylic acid groups (broad SMARTS) is 1. The largest absolute Gasteiger partial charge is 0.477 e. The van der Waals surface area contributed by atoms with Crippen molar-refractivity contribution in [3.05, 3.63) is 46.4 Å². The van der Waals surface area contributed by atoms with Crippen molar-refractivity contribution in [2.75, 3.05) is 6.54 Å². The molecule has 0 unspecified atom stereocenters. The summed E-state index contributed by atoms with van der Waals surface area (Å²) in [6.45, 7) is 0.408. The van der Waals surface area contributed by atoms with Crippen LogP contribution < -0.4 is 10.1 Å². The van der Waals surface area contributed by atoms with Crippen LogP contribution in [-0.4, -0.2) is 34.1 Å². The minimum Gasteiger partial charge on any atom is -0.477 e. The number of rotatable bonds is 7. The number of carbonyl (C=O) groups is 2. The highest BCUT2D eigenvalue weighted by Crippen LogP contribution is 2.40. The van der Waals surface area contributed by atoms with Gasteiger partial charge < -0.3 is 15.2 Å². The molecule has 2 aromatic rings. The number of nitrogens with one attached hydrogen (secondary N) is 1. The van der Waals surface area contributed by atoms with E-state index in [1.165, 1.54) is 16.7 Å². The summed E-state index contributed by atoms with van der Waals surface area (Å²) in [5, 5.41) is 13.9. The molecule has 1 amide bonds. The van der Waals surface area contributed by atoms with Gasteiger partial charge in [0.2, 0.25) is 0 Å². The molecule has 0 atom stereocenters. The first-order chi connectivity index (χ1) is 11.1. The summed E-state index contributed by atoms with van der Waals surface area (Å²) in [5.41, 5.74) is -0.710. The SMILES string of the molecule is O=C(O)c1csc(CCNC(=O)C2(Oc3ccccc3)CC2)n1. The monoisotopic (exact) mass is 332 g/mol. The molecule has 23 heavy (non-hydrogen) atoms. The van der Waals surface area contributed by atoms with Crippen molar-refractivity contribution in [1.29, 1.82) is 0 Å². The molecule has 0 radical (unpaired) electrons. The predicted molar refractivity (Wildman–Crippen MR) is 84.8 cm³/mol. The molecule has 1 fully saturated rings. The average molecular weight is 332 g/mol. The van der Waals surface area contributed by atoms with Crippen LogP contribution in [0.1, 0.15) is 28.3 Å². The van der Waals surface area contributed by atoms with Crippen LogP contribution in [0.5, 0.6) is 5.75 Å². The van der Waals surface area contributed by atoms with Gasteiger partial charge >= 0.3 is 5.97 Å². The van der Waals surface area contributed by atoms with E-state index in [0.29, 0.717) is 36.6 Å². The second-order valence-electron chi connectivity index (χ2n) is 5.35. The number of benzene rings is 1. The molecular formula is C16H16N2O4S. The molecule has 120 valence electrons. The van der Waals surface area contributed by atoms with Crippen LogP contribution in [0.15, 0.2) is 35.7 Å². The van der Waals surface area contributed by atoms with E-state index in [2.05, 4.69) is 10.3 Å². The predicted octanol–water partition coefficient (Wildman–Crippen LogP) is 2.11. The zero-order chi connectivity index (χ0) is 16.3. The zero-order valence-corrected chi connectivity index (χ0v) is 13.1. The molecule has 2 N–H and O–H groups in total. The van der Waals surface area contributed by atoms with E-state index in [0.717, 1.165) is 0 Å². The number of hydrogen-bond donors (Lipinski definition) is 2. The lowest BCUT2D eigenvalue weighted by molar-refractivity contribution is -0.129. The van der Waals surface area contributed by atoms with E-state index in [1.54, 1.807) is 0 Å². The molecule has 7 heteroatoms. The normalized spacial score (nSPS) is 15.0. The molecule has 1 heterocycles. The fourth-order valence-corrected chi connectivity index (χ4v) is 2.94. The van der Waals surface area contributed by atoms with Gasteiger partial charge in [-0.1, -0.05) is 18.2 Å². The van der Waals surface area contributed by atoms with Crippen LogP contribution in [-0.2, 0) is 11.2 Å². The fraction of sp³-hybridized carbons (Fsp3) is 0.312. The van der Waals surface area contributed by atoms with E-state index in [9.17, 15) is 9.59 Å². The Hall–Kier alpha value is -2.41. The van der Waals surface area contributed by atoms with Gasteiger partial charge in [0, 0.05) is 31.2 Å². The molecule has 1 saturated carbocycles. The Morgan fingerprint density at radius 2 is 2.04 bits per heavy atom. The van der Waals surface area contributed by atoms with Crippen LogP contribution in [0.2, 0.25) is 0 Å². The summed E-state index contributed by atoms with van der Waals surface area (Å²) in [5.74, 6) is -0.479. The van der Waals surface area contributed by atoms with Crippen molar-refractivity contribution in [2.24, 2.45) is 0 Å². The summed E-state index contributed by atoms with van der Waals surface area (Å²) >= 11 is 1.28. The van der Waals surface area contributed by atoms with Crippen LogP contribution >= 0.6 is 11.3 Å². The van der Waals surface area contributed by atoms with Gasteiger partial charge in [-0.15, -0.1) is 11.3 Å². The summed E-state index contributed by atoms with van der Waals surface area (Å²) in [6, 6.07) is 9.29. The molecule has 3 rings (SSSR count). The number of ether oxygens (including phenoxy) is 1. The average Bonchev–Trinajstić information content (AvgIpc) is 3.16. The molecule has 1 aliphatic carbocycles. The van der Waals surface area contributed by atoms with Gasteiger partial charge in [-0.05, 0) is 12.1 Å². The maximum absolute atomic E-state index is 12.3. The number of hydrogen-bond acceptors (Lipinski definition) is 5. The first kappa shape index (κ1) is 15.5. The smallest absolute Gasteiger partial charge is 0.355 e. The Morgan fingerprint density at radius 3 is 2.65 bits per heavy atom. The third-order valence-corrected chi connectivity index (χ3v) is 4.48. The van der Waals surface area contributed by atoms with Crippen LogP contribution in [0.4, 0.5) is 0 Å². The van der Waals surface area contributed by atoms with Gasteiger partial charge in [0.05, 0.1) is 5.01 Å². The van der Waals surface area contributed by atoms with Crippen molar-refractivity contribution in [2.45, 2.75) is 24.9 Å². The third kappa shape index (κ3) is 3.68. The van der Waals surface area contributed by atoms with Gasteiger partial charge in [-0.3, -0.25) is 4.79 Å². The number of carboxylic acids is 1. The summed E-state index contributed by atoms with van der Waals surface area (Å²) < 4.78 is 5.81. The number of para-hydroxylation sites is 1. The summed E-state index contributed by atoms with van der Waals surface area (Å²) in [6.07, 6.45) is 1.91. The highest BCUT2D eigenvalue weighted by Gasteiger charge is 2.52. The first-order valence-electron chi connectivity index (χ1n) is 7.29. The minimum atomic E-state index is -1.04. The van der Waals surface area contributed by atoms with Crippen LogP contribution in [0.25, 0.3) is 0 Å². The molecule has 0 spiro atoms. The zero-order valence-electron chi connectivity index (χ0n) is 12.3. The number of aromatic nitrogens is 1. The molecule has 6 nitrogen and oxygen atoms in total. The highest BCUT2D eigenvalue weighted by molar-refractivity contribution is 7.09. The molecule has 0 bridgehead atoms. The van der Waals surface area contributed by atoms with E-state index >= 15 is 0 Å². The summed E-state index contributed by atoms with van der Waals surface area (Å²) in [4.78, 5) is 27.0. The molecular weight excluding hydrogens is 316 g/mol. The molecule has 0 aliphatic heterocycles. The van der Waals surface area contributed by atoms with Crippen molar-refractivity contribution < 1.29 is 19.4 Å². The van der Waals surface area contributed by atoms with Gasteiger partial charge in [-0.2, -0.15) is 0 Å². The van der Waals surface area contributed by atoms with E-state index in [1.807, 2.05) is 30.3 Å². The third-order valence-electron chi connectivity index (χ3n) is 3.57. The van der Waals surface area contributed by atoms with Crippen molar-refractivity contribution in [3.8, 4) is 5.75 Å². The lowest BCUT2D eigenvalue weighted by atomic mass is 10.3. The van der Waals surface area contributed by atoms with Crippen LogP contribution in [0.3, 0.4) is 0 Å². The lowest BCUT2D eigenvalue weighted by Gasteiger charge is -2.17. The van der Waals surface area contributed by atoms with Gasteiger partial charge in [0.1, 0.15) is 5.75 Å². The number of amides is 1. The Labute approximate surface area is 137 Å². The molecule has 1 aliphatic rings. The molecule has 0 saturated heterocycles. The number of thiazole rings is 1.